The number of carbonyl (C=O) groups excluding carboxylic acids is 1. The lowest BCUT2D eigenvalue weighted by atomic mass is 9.97. The van der Waals surface area contributed by atoms with Crippen LogP contribution in [0.1, 0.15) is 38.5 Å². The lowest BCUT2D eigenvalue weighted by Gasteiger charge is -2.45. The summed E-state index contributed by atoms with van der Waals surface area (Å²) >= 11 is 4.07. The largest absolute Gasteiger partial charge is 0.394 e. The molecule has 2 aliphatic rings. The monoisotopic (exact) mass is 543 g/mol. The molecule has 0 aromatic heterocycles. The summed E-state index contributed by atoms with van der Waals surface area (Å²) in [7, 11) is 0. The second kappa shape index (κ2) is 16.4. The number of thiol groups is 1. The summed E-state index contributed by atoms with van der Waals surface area (Å²) < 4.78 is 21.9. The average molecular weight is 544 g/mol. The fourth-order valence-corrected chi connectivity index (χ4v) is 4.18. The number of rotatable bonds is 15. The molecule has 0 aromatic carbocycles. The molecule has 2 saturated heterocycles. The van der Waals surface area contributed by atoms with Gasteiger partial charge in [-0.3, -0.25) is 4.79 Å². The summed E-state index contributed by atoms with van der Waals surface area (Å²) in [6.07, 6.45) is -10.5. The molecule has 36 heavy (non-hydrogen) atoms. The van der Waals surface area contributed by atoms with Crippen molar-refractivity contribution in [3.05, 3.63) is 0 Å². The van der Waals surface area contributed by atoms with E-state index in [4.69, 9.17) is 18.9 Å². The van der Waals surface area contributed by atoms with Crippen LogP contribution in [0, 0.1) is 0 Å². The van der Waals surface area contributed by atoms with Crippen LogP contribution >= 0.6 is 12.6 Å². The number of aliphatic hydroxyl groups is 7. The van der Waals surface area contributed by atoms with Crippen molar-refractivity contribution in [2.75, 3.05) is 32.1 Å². The molecule has 14 heteroatoms. The highest BCUT2D eigenvalue weighted by Crippen LogP contribution is 2.29. The van der Waals surface area contributed by atoms with Crippen molar-refractivity contribution in [3.63, 3.8) is 0 Å². The molecule has 13 nitrogen and oxygen atoms in total. The Hall–Kier alpha value is -0.620. The number of ether oxygens (including phenoxy) is 4. The molecule has 2 rings (SSSR count). The maximum absolute atomic E-state index is 11.5. The third-order valence-electron chi connectivity index (χ3n) is 6.20. The third kappa shape index (κ3) is 8.99. The molecular weight excluding hydrogens is 502 g/mol. The van der Waals surface area contributed by atoms with Crippen LogP contribution < -0.4 is 5.32 Å². The Morgan fingerprint density at radius 3 is 2.08 bits per heavy atom. The number of hydrogen-bond donors (Lipinski definition) is 9. The molecule has 0 spiro atoms. The SMILES string of the molecule is O=C(CCCS)NCCCCCCO[C@@H]1O[C@@H](CO)[C@H](O)C(O[C@H]2O[C@@H](CO)[C@H](O)C(O)C2O)C1O. The molecule has 2 heterocycles. The first kappa shape index (κ1) is 31.6. The smallest absolute Gasteiger partial charge is 0.220 e. The summed E-state index contributed by atoms with van der Waals surface area (Å²) in [5.74, 6) is 0.683. The van der Waals surface area contributed by atoms with E-state index in [1.54, 1.807) is 0 Å². The Morgan fingerprint density at radius 2 is 1.42 bits per heavy atom. The number of amides is 1. The Labute approximate surface area is 215 Å². The molecule has 212 valence electrons. The number of carbonyl (C=O) groups is 1. The van der Waals surface area contributed by atoms with Gasteiger partial charge >= 0.3 is 0 Å². The summed E-state index contributed by atoms with van der Waals surface area (Å²) in [5.41, 5.74) is 0. The first-order valence-corrected chi connectivity index (χ1v) is 13.0. The van der Waals surface area contributed by atoms with E-state index in [1.807, 2.05) is 0 Å². The van der Waals surface area contributed by atoms with Gasteiger partial charge in [0, 0.05) is 19.6 Å². The van der Waals surface area contributed by atoms with Gasteiger partial charge in [-0.2, -0.15) is 12.6 Å². The van der Waals surface area contributed by atoms with Crippen LogP contribution in [0.3, 0.4) is 0 Å². The van der Waals surface area contributed by atoms with Crippen LogP contribution in [0.15, 0.2) is 0 Å². The van der Waals surface area contributed by atoms with Gasteiger partial charge in [0.1, 0.15) is 48.8 Å². The summed E-state index contributed by atoms with van der Waals surface area (Å²) in [6.45, 7) is -0.486. The van der Waals surface area contributed by atoms with Gasteiger partial charge < -0.3 is 60.0 Å². The predicted molar refractivity (Wildman–Crippen MR) is 127 cm³/mol. The van der Waals surface area contributed by atoms with Crippen LogP contribution in [-0.2, 0) is 23.7 Å². The zero-order chi connectivity index (χ0) is 26.7. The Morgan fingerprint density at radius 1 is 0.778 bits per heavy atom. The molecule has 0 saturated carbocycles. The van der Waals surface area contributed by atoms with Gasteiger partial charge in [0.05, 0.1) is 13.2 Å². The first-order valence-electron chi connectivity index (χ1n) is 12.3. The highest BCUT2D eigenvalue weighted by atomic mass is 32.1. The molecule has 0 bridgehead atoms. The van der Waals surface area contributed by atoms with E-state index < -0.39 is 74.6 Å². The summed E-state index contributed by atoms with van der Waals surface area (Å²) in [4.78, 5) is 11.5. The lowest BCUT2D eigenvalue weighted by molar-refractivity contribution is -0.360. The van der Waals surface area contributed by atoms with Gasteiger partial charge in [-0.1, -0.05) is 12.8 Å². The van der Waals surface area contributed by atoms with Gasteiger partial charge in [-0.05, 0) is 25.0 Å². The van der Waals surface area contributed by atoms with Crippen molar-refractivity contribution in [2.45, 2.75) is 99.9 Å². The Bertz CT molecular complexity index is 632. The summed E-state index contributed by atoms with van der Waals surface area (Å²) in [5, 5.41) is 73.0. The zero-order valence-corrected chi connectivity index (χ0v) is 21.1. The first-order chi connectivity index (χ1) is 17.2. The Kier molecular flexibility index (Phi) is 14.4. The average Bonchev–Trinajstić information content (AvgIpc) is 2.87. The third-order valence-corrected chi connectivity index (χ3v) is 6.52. The number of aliphatic hydroxyl groups excluding tert-OH is 7. The van der Waals surface area contributed by atoms with Crippen molar-refractivity contribution >= 4 is 18.5 Å². The van der Waals surface area contributed by atoms with Gasteiger partial charge in [-0.25, -0.2) is 0 Å². The molecule has 4 unspecified atom stereocenters. The van der Waals surface area contributed by atoms with Crippen molar-refractivity contribution < 1.29 is 59.5 Å². The van der Waals surface area contributed by atoms with Crippen molar-refractivity contribution in [1.29, 1.82) is 0 Å². The fraction of sp³-hybridized carbons (Fsp3) is 0.955. The minimum absolute atomic E-state index is 0.0110. The minimum atomic E-state index is -1.73. The highest BCUT2D eigenvalue weighted by molar-refractivity contribution is 7.80. The van der Waals surface area contributed by atoms with Crippen molar-refractivity contribution in [1.82, 2.24) is 5.32 Å². The van der Waals surface area contributed by atoms with Gasteiger partial charge in [0.25, 0.3) is 0 Å². The van der Waals surface area contributed by atoms with Crippen LogP contribution in [0.25, 0.3) is 0 Å². The molecule has 10 atom stereocenters. The van der Waals surface area contributed by atoms with Gasteiger partial charge in [0.15, 0.2) is 12.6 Å². The topological polar surface area (TPSA) is 208 Å². The predicted octanol–water partition coefficient (Wildman–Crippen LogP) is -2.99. The fourth-order valence-electron chi connectivity index (χ4n) is 4.02. The van der Waals surface area contributed by atoms with Gasteiger partial charge in [-0.15, -0.1) is 0 Å². The highest BCUT2D eigenvalue weighted by Gasteiger charge is 2.50. The maximum atomic E-state index is 11.5. The van der Waals surface area contributed by atoms with Crippen LogP contribution in [0.5, 0.6) is 0 Å². The quantitative estimate of drug-likeness (QED) is 0.0749. The van der Waals surface area contributed by atoms with Gasteiger partial charge in [0.2, 0.25) is 5.91 Å². The number of nitrogens with one attached hydrogen (secondary N) is 1. The van der Waals surface area contributed by atoms with Crippen LogP contribution in [0.4, 0.5) is 0 Å². The number of unbranched alkanes of at least 4 members (excludes halogenated alkanes) is 3. The van der Waals surface area contributed by atoms with E-state index in [0.29, 0.717) is 25.1 Å². The standard InChI is InChI=1S/C22H41NO12S/c24-10-12-15(27)17(29)18(30)22(34-12)35-20-16(28)13(11-25)33-21(19(20)31)32-8-4-2-1-3-7-23-14(26)6-5-9-36/h12-13,15-22,24-25,27-31,36H,1-11H2,(H,23,26)/t12-,13-,15-,16-,17?,18?,19?,20?,21+,22+/m0/s1. The second-order valence-electron chi connectivity index (χ2n) is 8.97. The molecule has 0 aromatic rings. The molecule has 2 fully saturated rings. The van der Waals surface area contributed by atoms with E-state index in [0.717, 1.165) is 25.7 Å². The molecule has 2 aliphatic heterocycles. The van der Waals surface area contributed by atoms with Crippen molar-refractivity contribution in [3.8, 4) is 0 Å². The normalized spacial score (nSPS) is 37.1. The second-order valence-corrected chi connectivity index (χ2v) is 9.41. The Balaban J connectivity index is 1.80. The molecule has 0 aliphatic carbocycles. The van der Waals surface area contributed by atoms with Crippen LogP contribution in [0.2, 0.25) is 0 Å². The maximum Gasteiger partial charge on any atom is 0.220 e. The lowest BCUT2D eigenvalue weighted by Crippen LogP contribution is -2.64. The molecule has 8 N–H and O–H groups in total. The summed E-state index contributed by atoms with van der Waals surface area (Å²) in [6, 6.07) is 0. The van der Waals surface area contributed by atoms with E-state index in [2.05, 4.69) is 17.9 Å². The van der Waals surface area contributed by atoms with E-state index >= 15 is 0 Å². The van der Waals surface area contributed by atoms with E-state index in [9.17, 15) is 40.5 Å². The van der Waals surface area contributed by atoms with Crippen molar-refractivity contribution in [2.24, 2.45) is 0 Å². The zero-order valence-electron chi connectivity index (χ0n) is 20.2. The molecular formula is C22H41NO12S. The van der Waals surface area contributed by atoms with E-state index in [-0.39, 0.29) is 12.5 Å². The minimum Gasteiger partial charge on any atom is -0.394 e. The number of hydrogen-bond acceptors (Lipinski definition) is 13. The van der Waals surface area contributed by atoms with Crippen LogP contribution in [-0.4, -0.2) is 135 Å². The molecule has 1 amide bonds. The molecule has 0 radical (unpaired) electrons. The van der Waals surface area contributed by atoms with E-state index in [1.165, 1.54) is 0 Å².